The predicted molar refractivity (Wildman–Crippen MR) is 64.6 cm³/mol. The zero-order valence-electron chi connectivity index (χ0n) is 8.72. The van der Waals surface area contributed by atoms with Gasteiger partial charge in [-0.1, -0.05) is 17.7 Å². The molecule has 0 unspecified atom stereocenters. The van der Waals surface area contributed by atoms with E-state index in [0.717, 1.165) is 0 Å². The van der Waals surface area contributed by atoms with Crippen molar-refractivity contribution in [1.29, 1.82) is 5.41 Å². The summed E-state index contributed by atoms with van der Waals surface area (Å²) in [5.41, 5.74) is 5.57. The lowest BCUT2D eigenvalue weighted by Crippen LogP contribution is -2.14. The first-order chi connectivity index (χ1) is 8.16. The van der Waals surface area contributed by atoms with Gasteiger partial charge in [0.1, 0.15) is 11.6 Å². The van der Waals surface area contributed by atoms with Crippen LogP contribution in [-0.4, -0.2) is 15.8 Å². The van der Waals surface area contributed by atoms with Crippen LogP contribution >= 0.6 is 11.6 Å². The minimum atomic E-state index is -0.199. The summed E-state index contributed by atoms with van der Waals surface area (Å²) >= 11 is 5.83. The molecule has 2 aromatic rings. The number of rotatable bonds is 3. The van der Waals surface area contributed by atoms with E-state index >= 15 is 0 Å². The monoisotopic (exact) mass is 248 g/mol. The van der Waals surface area contributed by atoms with Crippen molar-refractivity contribution >= 4 is 17.4 Å². The fourth-order valence-corrected chi connectivity index (χ4v) is 1.41. The van der Waals surface area contributed by atoms with E-state index in [4.69, 9.17) is 27.5 Å². The average molecular weight is 249 g/mol. The molecular formula is C11H9ClN4O. The first-order valence-electron chi connectivity index (χ1n) is 4.75. The average Bonchev–Trinajstić information content (AvgIpc) is 2.29. The lowest BCUT2D eigenvalue weighted by molar-refractivity contribution is 0.458. The number of nitrogen functional groups attached to an aromatic ring is 1. The topological polar surface area (TPSA) is 84.9 Å². The summed E-state index contributed by atoms with van der Waals surface area (Å²) in [5, 5.41) is 7.91. The number of hydrogen-bond donors (Lipinski definition) is 2. The van der Waals surface area contributed by atoms with Gasteiger partial charge in [0.2, 0.25) is 5.88 Å². The van der Waals surface area contributed by atoms with Crippen LogP contribution in [0.25, 0.3) is 0 Å². The molecule has 1 aromatic heterocycles. The summed E-state index contributed by atoms with van der Waals surface area (Å²) in [7, 11) is 0. The molecule has 3 N–H and O–H groups in total. The minimum Gasteiger partial charge on any atom is -0.437 e. The third-order valence-electron chi connectivity index (χ3n) is 1.93. The summed E-state index contributed by atoms with van der Waals surface area (Å²) in [5.74, 6) is 0.498. The third kappa shape index (κ3) is 2.70. The van der Waals surface area contributed by atoms with Crippen LogP contribution in [0.15, 0.2) is 36.7 Å². The molecule has 1 aromatic carbocycles. The van der Waals surface area contributed by atoms with Gasteiger partial charge in [0.15, 0.2) is 5.69 Å². The zero-order chi connectivity index (χ0) is 12.3. The molecule has 0 saturated carbocycles. The van der Waals surface area contributed by atoms with E-state index in [2.05, 4.69) is 9.97 Å². The van der Waals surface area contributed by atoms with Crippen LogP contribution in [0, 0.1) is 5.41 Å². The Balaban J connectivity index is 2.33. The summed E-state index contributed by atoms with van der Waals surface area (Å²) in [6, 6.07) is 6.85. The molecule has 0 amide bonds. The number of halogens is 1. The van der Waals surface area contributed by atoms with E-state index in [1.54, 1.807) is 24.3 Å². The number of nitrogens with one attached hydrogen (secondary N) is 1. The Bertz CT molecular complexity index is 559. The van der Waals surface area contributed by atoms with Crippen molar-refractivity contribution in [3.05, 3.63) is 47.4 Å². The van der Waals surface area contributed by atoms with Crippen molar-refractivity contribution in [2.24, 2.45) is 5.73 Å². The molecule has 1 heterocycles. The van der Waals surface area contributed by atoms with Crippen molar-refractivity contribution in [2.45, 2.75) is 0 Å². The molecule has 86 valence electrons. The lowest BCUT2D eigenvalue weighted by atomic mass is 10.3. The minimum absolute atomic E-state index is 0.183. The fraction of sp³-hybridized carbons (Fsp3) is 0. The molecule has 17 heavy (non-hydrogen) atoms. The molecule has 0 spiro atoms. The highest BCUT2D eigenvalue weighted by atomic mass is 35.5. The Labute approximate surface area is 103 Å². The van der Waals surface area contributed by atoms with Crippen LogP contribution in [0.3, 0.4) is 0 Å². The molecule has 0 aliphatic rings. The highest BCUT2D eigenvalue weighted by Crippen LogP contribution is 2.23. The van der Waals surface area contributed by atoms with Crippen molar-refractivity contribution < 1.29 is 4.74 Å². The normalized spacial score (nSPS) is 9.94. The number of amidine groups is 1. The van der Waals surface area contributed by atoms with E-state index in [0.29, 0.717) is 10.8 Å². The van der Waals surface area contributed by atoms with Gasteiger partial charge in [-0.05, 0) is 18.2 Å². The molecule has 2 rings (SSSR count). The van der Waals surface area contributed by atoms with Gasteiger partial charge in [-0.3, -0.25) is 5.41 Å². The highest BCUT2D eigenvalue weighted by molar-refractivity contribution is 6.30. The van der Waals surface area contributed by atoms with Crippen LogP contribution in [-0.2, 0) is 0 Å². The summed E-state index contributed by atoms with van der Waals surface area (Å²) < 4.78 is 5.47. The second-order valence-electron chi connectivity index (χ2n) is 3.18. The van der Waals surface area contributed by atoms with Crippen molar-refractivity contribution in [3.8, 4) is 11.6 Å². The zero-order valence-corrected chi connectivity index (χ0v) is 9.48. The summed E-state index contributed by atoms with van der Waals surface area (Å²) in [6.45, 7) is 0. The van der Waals surface area contributed by atoms with Gasteiger partial charge in [-0.15, -0.1) is 0 Å². The fourth-order valence-electron chi connectivity index (χ4n) is 1.23. The smallest absolute Gasteiger partial charge is 0.249 e. The quantitative estimate of drug-likeness (QED) is 0.644. The van der Waals surface area contributed by atoms with E-state index in [9.17, 15) is 0 Å². The number of benzene rings is 1. The van der Waals surface area contributed by atoms with Gasteiger partial charge in [-0.2, -0.15) is 0 Å². The van der Waals surface area contributed by atoms with E-state index < -0.39 is 0 Å². The van der Waals surface area contributed by atoms with E-state index in [-0.39, 0.29) is 17.4 Å². The van der Waals surface area contributed by atoms with Gasteiger partial charge in [-0.25, -0.2) is 9.97 Å². The maximum Gasteiger partial charge on any atom is 0.249 e. The van der Waals surface area contributed by atoms with Gasteiger partial charge in [0.05, 0.1) is 0 Å². The number of nitrogens with two attached hydrogens (primary N) is 1. The lowest BCUT2D eigenvalue weighted by Gasteiger charge is -2.07. The number of hydrogen-bond acceptors (Lipinski definition) is 4. The van der Waals surface area contributed by atoms with Crippen LogP contribution in [0.4, 0.5) is 0 Å². The standard InChI is InChI=1S/C11H9ClN4O/c12-7-2-1-3-8(6-7)17-11-9(10(13)14)15-4-5-16-11/h1-6H,(H3,13,14). The number of nitrogens with zero attached hydrogens (tertiary/aromatic N) is 2. The molecular weight excluding hydrogens is 240 g/mol. The highest BCUT2D eigenvalue weighted by Gasteiger charge is 2.10. The van der Waals surface area contributed by atoms with E-state index in [1.807, 2.05) is 0 Å². The molecule has 0 bridgehead atoms. The third-order valence-corrected chi connectivity index (χ3v) is 2.17. The van der Waals surface area contributed by atoms with Crippen LogP contribution < -0.4 is 10.5 Å². The van der Waals surface area contributed by atoms with Crippen molar-refractivity contribution in [2.75, 3.05) is 0 Å². The van der Waals surface area contributed by atoms with E-state index in [1.165, 1.54) is 12.4 Å². The summed E-state index contributed by atoms with van der Waals surface area (Å²) in [6.07, 6.45) is 2.91. The van der Waals surface area contributed by atoms with Gasteiger partial charge in [0.25, 0.3) is 0 Å². The molecule has 0 aliphatic heterocycles. The second-order valence-corrected chi connectivity index (χ2v) is 3.62. The van der Waals surface area contributed by atoms with Gasteiger partial charge < -0.3 is 10.5 Å². The molecule has 0 atom stereocenters. The predicted octanol–water partition coefficient (Wildman–Crippen LogP) is 2.21. The molecule has 0 fully saturated rings. The van der Waals surface area contributed by atoms with Crippen molar-refractivity contribution in [3.63, 3.8) is 0 Å². The Kier molecular flexibility index (Phi) is 3.20. The number of ether oxygens (including phenoxy) is 1. The van der Waals surface area contributed by atoms with Crippen LogP contribution in [0.1, 0.15) is 5.69 Å². The number of aromatic nitrogens is 2. The molecule has 5 nitrogen and oxygen atoms in total. The largest absolute Gasteiger partial charge is 0.437 e. The Morgan fingerprint density at radius 1 is 1.29 bits per heavy atom. The Morgan fingerprint density at radius 3 is 2.76 bits per heavy atom. The van der Waals surface area contributed by atoms with Gasteiger partial charge in [0, 0.05) is 17.4 Å². The first kappa shape index (κ1) is 11.3. The Hall–Kier alpha value is -2.14. The maximum atomic E-state index is 7.35. The van der Waals surface area contributed by atoms with Gasteiger partial charge >= 0.3 is 0 Å². The summed E-state index contributed by atoms with van der Waals surface area (Å²) in [4.78, 5) is 7.90. The van der Waals surface area contributed by atoms with Crippen molar-refractivity contribution in [1.82, 2.24) is 9.97 Å². The molecule has 0 radical (unpaired) electrons. The SMILES string of the molecule is N=C(N)c1nccnc1Oc1cccc(Cl)c1. The molecule has 0 aliphatic carbocycles. The Morgan fingerprint density at radius 2 is 2.06 bits per heavy atom. The van der Waals surface area contributed by atoms with Crippen LogP contribution in [0.5, 0.6) is 11.6 Å². The molecule has 0 saturated heterocycles. The second kappa shape index (κ2) is 4.80. The molecule has 6 heteroatoms. The maximum absolute atomic E-state index is 7.35. The van der Waals surface area contributed by atoms with Crippen LogP contribution in [0.2, 0.25) is 5.02 Å². The first-order valence-corrected chi connectivity index (χ1v) is 5.13.